The maximum Gasteiger partial charge on any atom is -0.00365 e. The highest BCUT2D eigenvalue weighted by Crippen LogP contribution is 2.38. The van der Waals surface area contributed by atoms with Gasteiger partial charge in [0.15, 0.2) is 0 Å². The molecule has 0 fully saturated rings. The summed E-state index contributed by atoms with van der Waals surface area (Å²) < 4.78 is 0. The predicted octanol–water partition coefficient (Wildman–Crippen LogP) is 4.93. The minimum absolute atomic E-state index is 0.693. The van der Waals surface area contributed by atoms with Crippen molar-refractivity contribution in [1.29, 1.82) is 0 Å². The van der Waals surface area contributed by atoms with Gasteiger partial charge in [0.2, 0.25) is 0 Å². The number of nitrogens with two attached hydrogens (primary N) is 1. The summed E-state index contributed by atoms with van der Waals surface area (Å²) in [7, 11) is 0. The summed E-state index contributed by atoms with van der Waals surface area (Å²) in [6.07, 6.45) is 12.4. The Bertz CT molecular complexity index is 837. The first-order valence-corrected chi connectivity index (χ1v) is 8.37. The number of fused-ring (bicyclic) bond motifs is 2. The van der Waals surface area contributed by atoms with E-state index in [0.29, 0.717) is 6.54 Å². The van der Waals surface area contributed by atoms with E-state index in [4.69, 9.17) is 5.73 Å². The lowest BCUT2D eigenvalue weighted by atomic mass is 9.91. The minimum atomic E-state index is 0.693. The van der Waals surface area contributed by atoms with Crippen LogP contribution in [0.25, 0.3) is 23.3 Å². The molecule has 0 bridgehead atoms. The van der Waals surface area contributed by atoms with Gasteiger partial charge in [0.05, 0.1) is 0 Å². The first-order chi connectivity index (χ1) is 11.4. The molecule has 0 aliphatic heterocycles. The van der Waals surface area contributed by atoms with Crippen LogP contribution in [0.3, 0.4) is 0 Å². The molecule has 2 aromatic carbocycles. The van der Waals surface area contributed by atoms with Gasteiger partial charge in [0.25, 0.3) is 0 Å². The van der Waals surface area contributed by atoms with E-state index in [1.807, 2.05) is 0 Å². The molecule has 0 amide bonds. The smallest absolute Gasteiger partial charge is 0.00365 e. The molecule has 2 aliphatic carbocycles. The van der Waals surface area contributed by atoms with Gasteiger partial charge < -0.3 is 5.73 Å². The van der Waals surface area contributed by atoms with E-state index < -0.39 is 0 Å². The molecular formula is C22H21N. The van der Waals surface area contributed by atoms with Gasteiger partial charge in [-0.15, -0.1) is 0 Å². The highest BCUT2D eigenvalue weighted by molar-refractivity contribution is 6.02. The number of benzene rings is 2. The van der Waals surface area contributed by atoms with Gasteiger partial charge in [-0.1, -0.05) is 60.7 Å². The Morgan fingerprint density at radius 2 is 1.87 bits per heavy atom. The Morgan fingerprint density at radius 1 is 1.00 bits per heavy atom. The fourth-order valence-corrected chi connectivity index (χ4v) is 3.65. The number of hydrogen-bond donors (Lipinski definition) is 1. The van der Waals surface area contributed by atoms with Crippen LogP contribution in [0.1, 0.15) is 40.7 Å². The third kappa shape index (κ3) is 2.58. The molecule has 0 saturated heterocycles. The molecule has 0 spiro atoms. The van der Waals surface area contributed by atoms with Gasteiger partial charge in [-0.2, -0.15) is 0 Å². The Morgan fingerprint density at radius 3 is 2.74 bits per heavy atom. The Balaban J connectivity index is 1.82. The maximum absolute atomic E-state index is 5.79. The molecular weight excluding hydrogens is 278 g/mol. The topological polar surface area (TPSA) is 26.0 Å². The van der Waals surface area contributed by atoms with Gasteiger partial charge >= 0.3 is 0 Å². The van der Waals surface area contributed by atoms with Gasteiger partial charge in [0, 0.05) is 0 Å². The minimum Gasteiger partial charge on any atom is -0.330 e. The summed E-state index contributed by atoms with van der Waals surface area (Å²) in [5.41, 5.74) is 15.3. The first-order valence-electron chi connectivity index (χ1n) is 8.37. The zero-order valence-corrected chi connectivity index (χ0v) is 13.3. The van der Waals surface area contributed by atoms with Gasteiger partial charge in [-0.05, 0) is 70.8 Å². The molecule has 23 heavy (non-hydrogen) atoms. The van der Waals surface area contributed by atoms with Crippen LogP contribution >= 0.6 is 0 Å². The Hall–Kier alpha value is -2.38. The molecule has 2 N–H and O–H groups in total. The van der Waals surface area contributed by atoms with E-state index in [2.05, 4.69) is 66.8 Å². The van der Waals surface area contributed by atoms with E-state index in [9.17, 15) is 0 Å². The summed E-state index contributed by atoms with van der Waals surface area (Å²) in [5, 5.41) is 0. The molecule has 0 radical (unpaired) electrons. The van der Waals surface area contributed by atoms with Crippen molar-refractivity contribution in [1.82, 2.24) is 0 Å². The Kier molecular flexibility index (Phi) is 3.72. The molecule has 2 aromatic rings. The average Bonchev–Trinajstić information content (AvgIpc) is 2.94. The van der Waals surface area contributed by atoms with Crippen molar-refractivity contribution in [3.8, 4) is 0 Å². The van der Waals surface area contributed by atoms with Crippen LogP contribution < -0.4 is 5.73 Å². The fourth-order valence-electron chi connectivity index (χ4n) is 3.65. The molecule has 1 nitrogen and oxygen atoms in total. The number of rotatable bonds is 3. The second-order valence-electron chi connectivity index (χ2n) is 6.21. The second kappa shape index (κ2) is 6.02. The van der Waals surface area contributed by atoms with E-state index in [-0.39, 0.29) is 0 Å². The van der Waals surface area contributed by atoms with Crippen molar-refractivity contribution in [3.63, 3.8) is 0 Å². The molecule has 0 aromatic heterocycles. The summed E-state index contributed by atoms with van der Waals surface area (Å²) in [6, 6.07) is 15.3. The van der Waals surface area contributed by atoms with Crippen molar-refractivity contribution >= 4 is 23.3 Å². The molecule has 114 valence electrons. The third-order valence-corrected chi connectivity index (χ3v) is 4.75. The van der Waals surface area contributed by atoms with Crippen LogP contribution in [-0.4, -0.2) is 6.54 Å². The van der Waals surface area contributed by atoms with Crippen molar-refractivity contribution < 1.29 is 0 Å². The average molecular weight is 299 g/mol. The monoisotopic (exact) mass is 299 g/mol. The lowest BCUT2D eigenvalue weighted by Gasteiger charge is -2.14. The summed E-state index contributed by atoms with van der Waals surface area (Å²) in [6.45, 7) is 0.693. The van der Waals surface area contributed by atoms with E-state index in [0.717, 1.165) is 19.3 Å². The lowest BCUT2D eigenvalue weighted by Crippen LogP contribution is -1.98. The molecule has 0 saturated carbocycles. The number of hydrogen-bond acceptors (Lipinski definition) is 1. The predicted molar refractivity (Wildman–Crippen MR) is 99.8 cm³/mol. The van der Waals surface area contributed by atoms with Crippen LogP contribution in [0.15, 0.2) is 54.6 Å². The molecule has 0 heterocycles. The normalized spacial score (nSPS) is 17.1. The molecule has 4 rings (SSSR count). The van der Waals surface area contributed by atoms with E-state index in [1.165, 1.54) is 39.0 Å². The maximum atomic E-state index is 5.79. The number of allylic oxidation sites excluding steroid dienone is 3. The highest BCUT2D eigenvalue weighted by Gasteiger charge is 2.18. The standard InChI is InChI=1S/C22H21N/c23-13-12-18-15-19(22-11-4-3-10-21(18)22)14-17-8-5-7-16-6-1-2-9-20(16)17/h1,3-8,10-11,14-15H,2,9,12-13,23H2/b19-14+. The van der Waals surface area contributed by atoms with Crippen molar-refractivity contribution in [3.05, 3.63) is 82.4 Å². The fraction of sp³-hybridized carbons (Fsp3) is 0.182. The van der Waals surface area contributed by atoms with E-state index >= 15 is 0 Å². The zero-order chi connectivity index (χ0) is 15.6. The largest absolute Gasteiger partial charge is 0.330 e. The first kappa shape index (κ1) is 14.2. The van der Waals surface area contributed by atoms with Gasteiger partial charge in [-0.25, -0.2) is 0 Å². The molecule has 2 aliphatic rings. The van der Waals surface area contributed by atoms with Crippen LogP contribution in [0.2, 0.25) is 0 Å². The highest BCUT2D eigenvalue weighted by atomic mass is 14.5. The van der Waals surface area contributed by atoms with Crippen molar-refractivity contribution in [2.45, 2.75) is 19.3 Å². The van der Waals surface area contributed by atoms with Crippen molar-refractivity contribution in [2.24, 2.45) is 5.73 Å². The SMILES string of the molecule is NCCC1=C/C(=C\c2cccc3c2CCC=C3)c2ccccc21. The second-order valence-corrected chi connectivity index (χ2v) is 6.21. The summed E-state index contributed by atoms with van der Waals surface area (Å²) >= 11 is 0. The molecule has 1 heteroatoms. The van der Waals surface area contributed by atoms with Crippen LogP contribution in [0, 0.1) is 0 Å². The molecule has 0 atom stereocenters. The Labute approximate surface area is 137 Å². The van der Waals surface area contributed by atoms with Crippen LogP contribution in [0.4, 0.5) is 0 Å². The lowest BCUT2D eigenvalue weighted by molar-refractivity contribution is 0.982. The summed E-state index contributed by atoms with van der Waals surface area (Å²) in [5.74, 6) is 0. The van der Waals surface area contributed by atoms with Crippen LogP contribution in [0.5, 0.6) is 0 Å². The van der Waals surface area contributed by atoms with Gasteiger partial charge in [0.1, 0.15) is 0 Å². The zero-order valence-electron chi connectivity index (χ0n) is 13.3. The summed E-state index contributed by atoms with van der Waals surface area (Å²) in [4.78, 5) is 0. The third-order valence-electron chi connectivity index (χ3n) is 4.75. The van der Waals surface area contributed by atoms with Crippen molar-refractivity contribution in [2.75, 3.05) is 6.54 Å². The van der Waals surface area contributed by atoms with Crippen LogP contribution in [-0.2, 0) is 6.42 Å². The van der Waals surface area contributed by atoms with Gasteiger partial charge in [-0.3, -0.25) is 0 Å². The quantitative estimate of drug-likeness (QED) is 0.854. The van der Waals surface area contributed by atoms with E-state index in [1.54, 1.807) is 0 Å². The molecule has 0 unspecified atom stereocenters.